The number of amides is 3. The summed E-state index contributed by atoms with van der Waals surface area (Å²) in [5.41, 5.74) is 0.888. The molecule has 2 aliphatic rings. The maximum atomic E-state index is 13.9. The topological polar surface area (TPSA) is 147 Å². The fourth-order valence-corrected chi connectivity index (χ4v) is 7.85. The summed E-state index contributed by atoms with van der Waals surface area (Å²) in [7, 11) is -4.03. The number of halogens is 1. The number of fused-ring (bicyclic) bond motifs is 1. The van der Waals surface area contributed by atoms with Crippen LogP contribution in [-0.4, -0.2) is 106 Å². The fourth-order valence-electron chi connectivity index (χ4n) is 5.45. The molecular weight excluding hydrogens is 680 g/mol. The lowest BCUT2D eigenvalue weighted by Gasteiger charge is -2.32. The fraction of sp³-hybridized carbons (Fsp3) is 0.562. The van der Waals surface area contributed by atoms with Crippen molar-refractivity contribution >= 4 is 37.9 Å². The number of ether oxygens (including phenoxy) is 3. The molecule has 254 valence electrons. The van der Waals surface area contributed by atoms with Gasteiger partial charge in [-0.25, -0.2) is 13.2 Å². The van der Waals surface area contributed by atoms with E-state index < -0.39 is 22.1 Å². The van der Waals surface area contributed by atoms with Gasteiger partial charge in [0.15, 0.2) is 11.5 Å². The molecule has 2 aromatic carbocycles. The number of rotatable bonds is 15. The lowest BCUT2D eigenvalue weighted by molar-refractivity contribution is -0.123. The molecule has 0 aliphatic carbocycles. The number of morpholine rings is 1. The predicted octanol–water partition coefficient (Wildman–Crippen LogP) is 3.17. The highest BCUT2D eigenvalue weighted by atomic mass is 79.9. The second-order valence-electron chi connectivity index (χ2n) is 11.8. The van der Waals surface area contributed by atoms with Crippen molar-refractivity contribution in [2.75, 3.05) is 59.2 Å². The minimum atomic E-state index is -4.03. The number of carbonyl (C=O) groups excluding carboxylic acids is 2. The van der Waals surface area contributed by atoms with Crippen LogP contribution in [0.2, 0.25) is 0 Å². The Balaban J connectivity index is 1.37. The monoisotopic (exact) mass is 724 g/mol. The summed E-state index contributed by atoms with van der Waals surface area (Å²) < 4.78 is 46.7. The predicted molar refractivity (Wildman–Crippen MR) is 176 cm³/mol. The van der Waals surface area contributed by atoms with Gasteiger partial charge >= 0.3 is 6.03 Å². The van der Waals surface area contributed by atoms with Crippen molar-refractivity contribution in [2.24, 2.45) is 5.92 Å². The third kappa shape index (κ3) is 9.57. The van der Waals surface area contributed by atoms with Gasteiger partial charge in [0.1, 0.15) is 24.2 Å². The Morgan fingerprint density at radius 3 is 2.48 bits per heavy atom. The number of benzene rings is 2. The zero-order valence-electron chi connectivity index (χ0n) is 26.5. The average Bonchev–Trinajstić information content (AvgIpc) is 3.06. The van der Waals surface area contributed by atoms with Gasteiger partial charge in [-0.3, -0.25) is 4.79 Å². The Hall–Kier alpha value is -2.91. The maximum absolute atomic E-state index is 13.9. The summed E-state index contributed by atoms with van der Waals surface area (Å²) in [6.07, 6.45) is 1.79. The number of unbranched alkanes of at least 4 members (excludes halogenated alkanes) is 1. The van der Waals surface area contributed by atoms with E-state index in [2.05, 4.69) is 26.6 Å². The number of sulfonamides is 1. The van der Waals surface area contributed by atoms with E-state index in [1.165, 1.54) is 10.4 Å². The summed E-state index contributed by atoms with van der Waals surface area (Å²) in [4.78, 5) is 27.9. The van der Waals surface area contributed by atoms with Gasteiger partial charge in [0, 0.05) is 43.1 Å². The molecule has 1 saturated heterocycles. The smallest absolute Gasteiger partial charge is 0.318 e. The minimum absolute atomic E-state index is 0.00841. The summed E-state index contributed by atoms with van der Waals surface area (Å²) in [6, 6.07) is 10.6. The zero-order valence-corrected chi connectivity index (χ0v) is 28.9. The molecule has 0 saturated carbocycles. The Morgan fingerprint density at radius 2 is 1.76 bits per heavy atom. The number of nitrogens with zero attached hydrogens (tertiary/aromatic N) is 2. The third-order valence-electron chi connectivity index (χ3n) is 7.84. The molecule has 3 amide bonds. The van der Waals surface area contributed by atoms with Crippen molar-refractivity contribution in [1.29, 1.82) is 0 Å². The highest BCUT2D eigenvalue weighted by Gasteiger charge is 2.35. The first-order valence-corrected chi connectivity index (χ1v) is 18.0. The molecular formula is C32H45BrN4O8S. The van der Waals surface area contributed by atoms with E-state index in [1.54, 1.807) is 17.0 Å². The van der Waals surface area contributed by atoms with E-state index in [9.17, 15) is 23.1 Å². The van der Waals surface area contributed by atoms with Crippen molar-refractivity contribution in [2.45, 2.75) is 56.5 Å². The van der Waals surface area contributed by atoms with Crippen LogP contribution in [-0.2, 0) is 26.0 Å². The molecule has 1 fully saturated rings. The molecule has 0 bridgehead atoms. The van der Waals surface area contributed by atoms with Crippen LogP contribution in [0.3, 0.4) is 0 Å². The summed E-state index contributed by atoms with van der Waals surface area (Å²) in [5, 5.41) is 16.2. The highest BCUT2D eigenvalue weighted by molar-refractivity contribution is 9.10. The second kappa shape index (κ2) is 17.3. The third-order valence-corrected chi connectivity index (χ3v) is 10.6. The van der Waals surface area contributed by atoms with E-state index in [1.807, 2.05) is 38.1 Å². The molecule has 14 heteroatoms. The van der Waals surface area contributed by atoms with Crippen molar-refractivity contribution in [3.8, 4) is 11.5 Å². The van der Waals surface area contributed by atoms with Crippen LogP contribution in [0, 0.1) is 5.92 Å². The van der Waals surface area contributed by atoms with Gasteiger partial charge < -0.3 is 34.9 Å². The van der Waals surface area contributed by atoms with E-state index in [-0.39, 0.29) is 48.3 Å². The quantitative estimate of drug-likeness (QED) is 0.238. The second-order valence-corrected chi connectivity index (χ2v) is 14.5. The lowest BCUT2D eigenvalue weighted by Crippen LogP contribution is -2.54. The number of urea groups is 1. The number of aliphatic hydroxyl groups excluding tert-OH is 1. The summed E-state index contributed by atoms with van der Waals surface area (Å²) in [6.45, 7) is 6.45. The van der Waals surface area contributed by atoms with E-state index in [4.69, 9.17) is 14.2 Å². The van der Waals surface area contributed by atoms with Gasteiger partial charge in [-0.05, 0) is 42.5 Å². The number of hydrogen-bond acceptors (Lipinski definition) is 8. The molecule has 2 aromatic rings. The van der Waals surface area contributed by atoms with Gasteiger partial charge in [-0.2, -0.15) is 4.31 Å². The molecule has 12 nitrogen and oxygen atoms in total. The average molecular weight is 726 g/mol. The van der Waals surface area contributed by atoms with Crippen LogP contribution in [0.5, 0.6) is 11.5 Å². The first-order valence-electron chi connectivity index (χ1n) is 15.8. The number of carbonyl (C=O) groups is 2. The molecule has 46 heavy (non-hydrogen) atoms. The molecule has 0 radical (unpaired) electrons. The van der Waals surface area contributed by atoms with Crippen LogP contribution in [0.15, 0.2) is 51.8 Å². The van der Waals surface area contributed by atoms with Crippen molar-refractivity contribution in [3.05, 3.63) is 52.5 Å². The minimum Gasteiger partial charge on any atom is -0.486 e. The van der Waals surface area contributed by atoms with Crippen molar-refractivity contribution in [1.82, 2.24) is 19.8 Å². The summed E-state index contributed by atoms with van der Waals surface area (Å²) in [5.74, 6) is 0.275. The first kappa shape index (κ1) is 35.9. The largest absolute Gasteiger partial charge is 0.486 e. The normalized spacial score (nSPS) is 16.3. The van der Waals surface area contributed by atoms with Gasteiger partial charge in [0.25, 0.3) is 0 Å². The number of aliphatic hydroxyl groups is 1. The number of nitrogens with one attached hydrogen (secondary N) is 2. The number of para-hydroxylation sites is 1. The van der Waals surface area contributed by atoms with Crippen molar-refractivity contribution < 1.29 is 37.3 Å². The molecule has 4 rings (SSSR count). The van der Waals surface area contributed by atoms with Crippen molar-refractivity contribution in [3.63, 3.8) is 0 Å². The van der Waals surface area contributed by atoms with Crippen LogP contribution in [0.25, 0.3) is 0 Å². The molecule has 2 atom stereocenters. The van der Waals surface area contributed by atoms with Crippen LogP contribution in [0.1, 0.15) is 38.7 Å². The maximum Gasteiger partial charge on any atom is 0.318 e. The SMILES string of the molecule is CC(C)CN([C@H](CO)CCCCNC(=O)[C@@H](Cc1ccccc1Br)NC(=O)N1CCOCC1)S(=O)(=O)c1cccc2c1OCCO2. The Bertz CT molecular complexity index is 1420. The molecule has 0 spiro atoms. The van der Waals surface area contributed by atoms with E-state index in [0.717, 1.165) is 10.0 Å². The number of hydrogen-bond donors (Lipinski definition) is 3. The van der Waals surface area contributed by atoms with Crippen LogP contribution in [0.4, 0.5) is 4.79 Å². The first-order chi connectivity index (χ1) is 22.1. The molecule has 0 aromatic heterocycles. The van der Waals surface area contributed by atoms with E-state index in [0.29, 0.717) is 70.9 Å². The molecule has 2 aliphatic heterocycles. The van der Waals surface area contributed by atoms with Gasteiger partial charge in [-0.15, -0.1) is 0 Å². The Labute approximate surface area is 279 Å². The van der Waals surface area contributed by atoms with Crippen LogP contribution < -0.4 is 20.1 Å². The molecule has 2 heterocycles. The molecule has 3 N–H and O–H groups in total. The Kier molecular flexibility index (Phi) is 13.5. The Morgan fingerprint density at radius 1 is 1.02 bits per heavy atom. The lowest BCUT2D eigenvalue weighted by atomic mass is 10.0. The summed E-state index contributed by atoms with van der Waals surface area (Å²) >= 11 is 3.53. The van der Waals surface area contributed by atoms with E-state index >= 15 is 0 Å². The molecule has 0 unspecified atom stereocenters. The van der Waals surface area contributed by atoms with Gasteiger partial charge in [0.05, 0.1) is 19.8 Å². The van der Waals surface area contributed by atoms with Crippen LogP contribution >= 0.6 is 15.9 Å². The van der Waals surface area contributed by atoms with Gasteiger partial charge in [0.2, 0.25) is 15.9 Å². The zero-order chi connectivity index (χ0) is 33.1. The van der Waals surface area contributed by atoms with Gasteiger partial charge in [-0.1, -0.05) is 60.5 Å². The standard InChI is InChI=1S/C32H45BrN4O8S/c1-23(2)21-37(46(41,42)29-12-7-11-28-30(29)45-19-18-44-28)25(22-38)9-5-6-13-34-31(39)27(20-24-8-3-4-10-26(24)33)35-32(40)36-14-16-43-17-15-36/h3-4,7-8,10-12,23,25,27,38H,5-6,9,13-22H2,1-2H3,(H,34,39)(H,35,40)/t25-,27+/m0/s1. The highest BCUT2D eigenvalue weighted by Crippen LogP contribution is 2.38.